The fourth-order valence-corrected chi connectivity index (χ4v) is 3.49. The number of aliphatic imine (C=N–C) groups is 1. The summed E-state index contributed by atoms with van der Waals surface area (Å²) in [4.78, 5) is 6.52. The second-order valence-electron chi connectivity index (χ2n) is 5.82. The molecule has 2 aliphatic rings. The summed E-state index contributed by atoms with van der Waals surface area (Å²) in [7, 11) is 3.86. The Balaban J connectivity index is 1.58. The van der Waals surface area contributed by atoms with E-state index in [1.54, 1.807) is 7.05 Å². The third-order valence-electron chi connectivity index (χ3n) is 4.07. The van der Waals surface area contributed by atoms with E-state index < -0.39 is 0 Å². The van der Waals surface area contributed by atoms with Gasteiger partial charge in [0.15, 0.2) is 17.5 Å². The van der Waals surface area contributed by atoms with E-state index in [0.717, 1.165) is 53.7 Å². The lowest BCUT2D eigenvalue weighted by molar-refractivity contribution is 0.173. The minimum atomic E-state index is 0.276. The molecule has 1 atom stereocenters. The van der Waals surface area contributed by atoms with Gasteiger partial charge < -0.3 is 24.4 Å². The Bertz CT molecular complexity index is 588. The highest BCUT2D eigenvalue weighted by atomic mass is 79.9. The topological polar surface area (TPSA) is 55.3 Å². The first-order valence-electron chi connectivity index (χ1n) is 7.75. The minimum absolute atomic E-state index is 0.276. The Hall–Kier alpha value is -1.47. The van der Waals surface area contributed by atoms with Crippen molar-refractivity contribution in [2.45, 2.75) is 13.0 Å². The second-order valence-corrected chi connectivity index (χ2v) is 6.68. The molecule has 2 aliphatic heterocycles. The van der Waals surface area contributed by atoms with Gasteiger partial charge in [0.25, 0.3) is 0 Å². The van der Waals surface area contributed by atoms with Crippen molar-refractivity contribution >= 4 is 21.9 Å². The molecule has 2 heterocycles. The Morgan fingerprint density at radius 1 is 1.43 bits per heavy atom. The normalized spacial score (nSPS) is 20.0. The molecule has 1 N–H and O–H groups in total. The van der Waals surface area contributed by atoms with Gasteiger partial charge in [-0.05, 0) is 40.0 Å². The van der Waals surface area contributed by atoms with Crippen LogP contribution in [-0.4, -0.2) is 51.5 Å². The monoisotopic (exact) mass is 383 g/mol. The lowest BCUT2D eigenvalue weighted by Crippen LogP contribution is -2.41. The van der Waals surface area contributed by atoms with Gasteiger partial charge in [0.2, 0.25) is 6.79 Å². The van der Waals surface area contributed by atoms with Gasteiger partial charge in [-0.2, -0.15) is 0 Å². The van der Waals surface area contributed by atoms with Gasteiger partial charge in [-0.25, -0.2) is 0 Å². The van der Waals surface area contributed by atoms with Gasteiger partial charge >= 0.3 is 0 Å². The molecule has 1 saturated heterocycles. The third kappa shape index (κ3) is 3.90. The summed E-state index contributed by atoms with van der Waals surface area (Å²) in [5.41, 5.74) is 1.11. The number of hydrogen-bond acceptors (Lipinski definition) is 4. The van der Waals surface area contributed by atoms with Crippen LogP contribution < -0.4 is 14.8 Å². The summed E-state index contributed by atoms with van der Waals surface area (Å²) < 4.78 is 17.2. The van der Waals surface area contributed by atoms with E-state index in [1.165, 1.54) is 0 Å². The van der Waals surface area contributed by atoms with Gasteiger partial charge in [0, 0.05) is 39.7 Å². The van der Waals surface area contributed by atoms with Crippen LogP contribution in [0.25, 0.3) is 0 Å². The third-order valence-corrected chi connectivity index (χ3v) is 4.66. The molecule has 0 saturated carbocycles. The number of guanidine groups is 1. The van der Waals surface area contributed by atoms with E-state index in [1.807, 2.05) is 12.1 Å². The molecule has 0 aliphatic carbocycles. The van der Waals surface area contributed by atoms with Gasteiger partial charge in [-0.1, -0.05) is 0 Å². The van der Waals surface area contributed by atoms with Crippen molar-refractivity contribution in [3.05, 3.63) is 22.2 Å². The first-order valence-corrected chi connectivity index (χ1v) is 8.54. The summed E-state index contributed by atoms with van der Waals surface area (Å²) in [6, 6.07) is 4.04. The summed E-state index contributed by atoms with van der Waals surface area (Å²) >= 11 is 3.52. The molecule has 0 aromatic heterocycles. The molecule has 23 heavy (non-hydrogen) atoms. The smallest absolute Gasteiger partial charge is 0.231 e. The predicted molar refractivity (Wildman–Crippen MR) is 92.0 cm³/mol. The van der Waals surface area contributed by atoms with E-state index in [-0.39, 0.29) is 6.79 Å². The van der Waals surface area contributed by atoms with Gasteiger partial charge in [-0.3, -0.25) is 4.99 Å². The number of fused-ring (bicyclic) bond motifs is 1. The summed E-state index contributed by atoms with van der Waals surface area (Å²) in [6.45, 7) is 3.61. The molecule has 0 spiro atoms. The Morgan fingerprint density at radius 2 is 2.30 bits per heavy atom. The number of hydrogen-bond donors (Lipinski definition) is 1. The van der Waals surface area contributed by atoms with E-state index in [4.69, 9.17) is 14.2 Å². The van der Waals surface area contributed by atoms with Crippen molar-refractivity contribution in [2.24, 2.45) is 10.9 Å². The average molecular weight is 384 g/mol. The summed E-state index contributed by atoms with van der Waals surface area (Å²) in [5.74, 6) is 3.02. The molecule has 0 radical (unpaired) electrons. The van der Waals surface area contributed by atoms with E-state index in [2.05, 4.69) is 38.2 Å². The Morgan fingerprint density at radius 3 is 3.04 bits per heavy atom. The number of nitrogens with zero attached hydrogens (tertiary/aromatic N) is 2. The zero-order chi connectivity index (χ0) is 16.2. The first-order chi connectivity index (χ1) is 11.2. The molecule has 126 valence electrons. The molecular weight excluding hydrogens is 362 g/mol. The number of rotatable bonds is 4. The van der Waals surface area contributed by atoms with Crippen LogP contribution in [0.5, 0.6) is 11.5 Å². The number of ether oxygens (including phenoxy) is 3. The zero-order valence-corrected chi connectivity index (χ0v) is 15.1. The molecule has 1 unspecified atom stereocenters. The van der Waals surface area contributed by atoms with Crippen LogP contribution in [0.1, 0.15) is 12.0 Å². The Kier molecular flexibility index (Phi) is 5.27. The lowest BCUT2D eigenvalue weighted by atomic mass is 10.1. The summed E-state index contributed by atoms with van der Waals surface area (Å²) in [6.07, 6.45) is 1.12. The van der Waals surface area contributed by atoms with Crippen LogP contribution in [0.2, 0.25) is 0 Å². The van der Waals surface area contributed by atoms with Crippen molar-refractivity contribution in [1.82, 2.24) is 10.2 Å². The van der Waals surface area contributed by atoms with Crippen LogP contribution in [0.15, 0.2) is 21.6 Å². The first kappa shape index (κ1) is 16.4. The van der Waals surface area contributed by atoms with E-state index in [0.29, 0.717) is 12.5 Å². The highest BCUT2D eigenvalue weighted by Gasteiger charge is 2.20. The average Bonchev–Trinajstić information content (AvgIpc) is 3.19. The molecule has 0 bridgehead atoms. The van der Waals surface area contributed by atoms with Crippen molar-refractivity contribution in [3.8, 4) is 11.5 Å². The van der Waals surface area contributed by atoms with Crippen molar-refractivity contribution in [3.63, 3.8) is 0 Å². The largest absolute Gasteiger partial charge is 0.454 e. The minimum Gasteiger partial charge on any atom is -0.454 e. The maximum absolute atomic E-state index is 5.45. The number of benzene rings is 1. The fraction of sp³-hybridized carbons (Fsp3) is 0.562. The van der Waals surface area contributed by atoms with Crippen molar-refractivity contribution in [1.29, 1.82) is 0 Å². The maximum atomic E-state index is 5.45. The van der Waals surface area contributed by atoms with Crippen molar-refractivity contribution < 1.29 is 14.2 Å². The Labute approximate surface area is 144 Å². The van der Waals surface area contributed by atoms with Gasteiger partial charge in [0.1, 0.15) is 0 Å². The van der Waals surface area contributed by atoms with Crippen LogP contribution >= 0.6 is 15.9 Å². The number of halogens is 1. The summed E-state index contributed by atoms with van der Waals surface area (Å²) in [5, 5.41) is 3.40. The molecule has 6 nitrogen and oxygen atoms in total. The molecule has 7 heteroatoms. The van der Waals surface area contributed by atoms with Gasteiger partial charge in [0.05, 0.1) is 11.1 Å². The highest BCUT2D eigenvalue weighted by Crippen LogP contribution is 2.39. The molecular formula is C16H22BrN3O3. The van der Waals surface area contributed by atoms with Crippen molar-refractivity contribution in [2.75, 3.05) is 40.6 Å². The molecule has 1 aromatic carbocycles. The molecule has 3 rings (SSSR count). The van der Waals surface area contributed by atoms with Gasteiger partial charge in [-0.15, -0.1) is 0 Å². The predicted octanol–water partition coefficient (Wildman–Crippen LogP) is 2.22. The quantitative estimate of drug-likeness (QED) is 0.638. The molecule has 1 fully saturated rings. The van der Waals surface area contributed by atoms with Crippen LogP contribution in [-0.2, 0) is 11.3 Å². The highest BCUT2D eigenvalue weighted by molar-refractivity contribution is 9.10. The fourth-order valence-electron chi connectivity index (χ4n) is 2.89. The number of nitrogens with one attached hydrogen (secondary N) is 1. The second kappa shape index (κ2) is 7.40. The maximum Gasteiger partial charge on any atom is 0.231 e. The van der Waals surface area contributed by atoms with Crippen LogP contribution in [0.4, 0.5) is 0 Å². The van der Waals surface area contributed by atoms with E-state index >= 15 is 0 Å². The standard InChI is InChI=1S/C16H22BrN3O3/c1-18-16(20(2)8-11-3-4-21-9-11)19-7-12-5-13(17)15-14(6-12)22-10-23-15/h5-6,11H,3-4,7-10H2,1-2H3,(H,18,19). The zero-order valence-electron chi connectivity index (χ0n) is 13.5. The van der Waals surface area contributed by atoms with E-state index in [9.17, 15) is 0 Å². The van der Waals surface area contributed by atoms with Crippen LogP contribution in [0, 0.1) is 5.92 Å². The molecule has 0 amide bonds. The molecule has 1 aromatic rings. The van der Waals surface area contributed by atoms with Crippen LogP contribution in [0.3, 0.4) is 0 Å². The lowest BCUT2D eigenvalue weighted by Gasteiger charge is -2.24. The SMILES string of the molecule is CN=C(NCc1cc(Br)c2c(c1)OCO2)N(C)CC1CCOC1.